The molecule has 1 rings (SSSR count). The third kappa shape index (κ3) is 2.43. The van der Waals surface area contributed by atoms with E-state index in [-0.39, 0.29) is 11.9 Å². The molecule has 1 fully saturated rings. The Kier molecular flexibility index (Phi) is 3.62. The maximum absolute atomic E-state index is 11.9. The Balaban J connectivity index is 2.70. The maximum Gasteiger partial charge on any atom is 0.329 e. The van der Waals surface area contributed by atoms with Gasteiger partial charge >= 0.3 is 5.97 Å². The molecule has 1 heterocycles. The van der Waals surface area contributed by atoms with E-state index in [0.29, 0.717) is 5.75 Å². The molecule has 0 aliphatic carbocycles. The zero-order chi connectivity index (χ0) is 11.6. The number of carboxylic acid groups (broad SMARTS) is 1. The van der Waals surface area contributed by atoms with Crippen LogP contribution in [0.25, 0.3) is 0 Å². The number of nitrogens with one attached hydrogen (secondary N) is 1. The van der Waals surface area contributed by atoms with Gasteiger partial charge in [0.2, 0.25) is 5.91 Å². The molecule has 1 unspecified atom stereocenters. The van der Waals surface area contributed by atoms with Gasteiger partial charge in [-0.25, -0.2) is 4.79 Å². The topological polar surface area (TPSA) is 69.6 Å². The van der Waals surface area contributed by atoms with E-state index in [0.717, 1.165) is 5.88 Å². The molecule has 0 aromatic heterocycles. The summed E-state index contributed by atoms with van der Waals surface area (Å²) >= 11 is 1.64. The van der Waals surface area contributed by atoms with Crippen molar-refractivity contribution in [2.75, 3.05) is 18.7 Å². The van der Waals surface area contributed by atoms with Crippen molar-refractivity contribution in [3.8, 4) is 0 Å². The number of amides is 1. The van der Waals surface area contributed by atoms with E-state index in [1.807, 2.05) is 0 Å². The highest BCUT2D eigenvalue weighted by Gasteiger charge is 2.38. The second-order valence-corrected chi connectivity index (χ2v) is 5.06. The molecule has 1 atom stereocenters. The number of aliphatic carboxylic acids is 1. The summed E-state index contributed by atoms with van der Waals surface area (Å²) < 4.78 is 0. The molecule has 1 aliphatic heterocycles. The van der Waals surface area contributed by atoms with Gasteiger partial charge in [0.1, 0.15) is 5.54 Å². The van der Waals surface area contributed by atoms with Crippen LogP contribution in [0.5, 0.6) is 0 Å². The number of hydrogen-bond donors (Lipinski definition) is 2. The third-order valence-corrected chi connectivity index (χ3v) is 3.65. The van der Waals surface area contributed by atoms with Crippen LogP contribution in [0.15, 0.2) is 0 Å². The number of carbonyl (C=O) groups excluding carboxylic acids is 1. The van der Waals surface area contributed by atoms with Gasteiger partial charge in [0.25, 0.3) is 0 Å². The molecule has 15 heavy (non-hydrogen) atoms. The summed E-state index contributed by atoms with van der Waals surface area (Å²) in [4.78, 5) is 24.1. The number of thioether (sulfide) groups is 1. The first-order valence-electron chi connectivity index (χ1n) is 4.69. The minimum Gasteiger partial charge on any atom is -0.480 e. The fourth-order valence-electron chi connectivity index (χ4n) is 1.21. The molecule has 86 valence electrons. The van der Waals surface area contributed by atoms with E-state index in [4.69, 9.17) is 5.11 Å². The average molecular weight is 232 g/mol. The van der Waals surface area contributed by atoms with Gasteiger partial charge in [0, 0.05) is 18.7 Å². The quantitative estimate of drug-likeness (QED) is 0.715. The van der Waals surface area contributed by atoms with Gasteiger partial charge < -0.3 is 10.0 Å². The van der Waals surface area contributed by atoms with Crippen LogP contribution in [0, 0.1) is 0 Å². The molecule has 1 aliphatic rings. The van der Waals surface area contributed by atoms with Crippen molar-refractivity contribution < 1.29 is 14.7 Å². The standard InChI is InChI=1S/C9H16N2O3S/c1-9(2,8(13)14)11(3)7(12)6-4-15-5-10-6/h6,10H,4-5H2,1-3H3,(H,13,14). The van der Waals surface area contributed by atoms with E-state index in [2.05, 4.69) is 5.32 Å². The van der Waals surface area contributed by atoms with Gasteiger partial charge in [-0.05, 0) is 13.8 Å². The molecule has 0 aromatic rings. The van der Waals surface area contributed by atoms with E-state index >= 15 is 0 Å². The predicted molar refractivity (Wildman–Crippen MR) is 58.7 cm³/mol. The molecule has 2 N–H and O–H groups in total. The van der Waals surface area contributed by atoms with Crippen molar-refractivity contribution in [3.63, 3.8) is 0 Å². The average Bonchev–Trinajstić information content (AvgIpc) is 2.67. The number of nitrogens with zero attached hydrogens (tertiary/aromatic N) is 1. The second-order valence-electron chi connectivity index (χ2n) is 4.03. The van der Waals surface area contributed by atoms with Gasteiger partial charge in [-0.1, -0.05) is 0 Å². The van der Waals surface area contributed by atoms with Gasteiger partial charge in [0.05, 0.1) is 6.04 Å². The maximum atomic E-state index is 11.9. The van der Waals surface area contributed by atoms with Crippen LogP contribution in [0.1, 0.15) is 13.8 Å². The number of hydrogen-bond acceptors (Lipinski definition) is 4. The first kappa shape index (κ1) is 12.3. The fourth-order valence-corrected chi connectivity index (χ4v) is 2.14. The predicted octanol–water partition coefficient (Wildman–Crippen LogP) is -0.0295. The molecule has 0 spiro atoms. The van der Waals surface area contributed by atoms with Crippen molar-refractivity contribution in [1.29, 1.82) is 0 Å². The summed E-state index contributed by atoms with van der Waals surface area (Å²) in [6, 6.07) is -0.251. The van der Waals surface area contributed by atoms with Gasteiger partial charge in [-0.2, -0.15) is 0 Å². The number of likely N-dealkylation sites (N-methyl/N-ethyl adjacent to an activating group) is 1. The zero-order valence-corrected chi connectivity index (χ0v) is 9.93. The highest BCUT2D eigenvalue weighted by Crippen LogP contribution is 2.17. The second kappa shape index (κ2) is 4.40. The summed E-state index contributed by atoms with van der Waals surface area (Å²) in [7, 11) is 1.53. The molecule has 0 bridgehead atoms. The van der Waals surface area contributed by atoms with E-state index < -0.39 is 11.5 Å². The normalized spacial score (nSPS) is 21.4. The highest BCUT2D eigenvalue weighted by molar-refractivity contribution is 7.99. The van der Waals surface area contributed by atoms with Crippen LogP contribution in [0.4, 0.5) is 0 Å². The number of carbonyl (C=O) groups is 2. The molecule has 0 radical (unpaired) electrons. The Morgan fingerprint density at radius 3 is 2.53 bits per heavy atom. The van der Waals surface area contributed by atoms with Crippen LogP contribution in [-0.4, -0.2) is 52.1 Å². The molecular weight excluding hydrogens is 216 g/mol. The molecule has 0 saturated carbocycles. The van der Waals surface area contributed by atoms with E-state index in [9.17, 15) is 9.59 Å². The van der Waals surface area contributed by atoms with Crippen molar-refractivity contribution in [2.24, 2.45) is 0 Å². The SMILES string of the molecule is CN(C(=O)C1CSCN1)C(C)(C)C(=O)O. The van der Waals surface area contributed by atoms with Crippen LogP contribution >= 0.6 is 11.8 Å². The molecule has 0 aromatic carbocycles. The molecule has 1 amide bonds. The third-order valence-electron chi connectivity index (χ3n) is 2.71. The fraction of sp³-hybridized carbons (Fsp3) is 0.778. The summed E-state index contributed by atoms with van der Waals surface area (Å²) in [5, 5.41) is 12.0. The van der Waals surface area contributed by atoms with Gasteiger partial charge in [-0.15, -0.1) is 11.8 Å². The lowest BCUT2D eigenvalue weighted by molar-refractivity contribution is -0.155. The lowest BCUT2D eigenvalue weighted by Gasteiger charge is -2.33. The summed E-state index contributed by atoms with van der Waals surface area (Å²) in [5.41, 5.74) is -1.16. The summed E-state index contributed by atoms with van der Waals surface area (Å²) in [6.45, 7) is 3.05. The monoisotopic (exact) mass is 232 g/mol. The van der Waals surface area contributed by atoms with E-state index in [1.165, 1.54) is 25.8 Å². The van der Waals surface area contributed by atoms with Crippen LogP contribution in [0.2, 0.25) is 0 Å². The Hall–Kier alpha value is -0.750. The first-order valence-corrected chi connectivity index (χ1v) is 5.85. The number of rotatable bonds is 3. The largest absolute Gasteiger partial charge is 0.480 e. The molecular formula is C9H16N2O3S. The van der Waals surface area contributed by atoms with Crippen molar-refractivity contribution in [2.45, 2.75) is 25.4 Å². The minimum absolute atomic E-state index is 0.160. The van der Waals surface area contributed by atoms with E-state index in [1.54, 1.807) is 11.8 Å². The van der Waals surface area contributed by atoms with Crippen LogP contribution in [-0.2, 0) is 9.59 Å². The van der Waals surface area contributed by atoms with Crippen LogP contribution in [0.3, 0.4) is 0 Å². The van der Waals surface area contributed by atoms with Crippen molar-refractivity contribution in [3.05, 3.63) is 0 Å². The first-order chi connectivity index (χ1) is 6.87. The van der Waals surface area contributed by atoms with Crippen molar-refractivity contribution >= 4 is 23.6 Å². The number of carboxylic acids is 1. The lowest BCUT2D eigenvalue weighted by atomic mass is 10.0. The van der Waals surface area contributed by atoms with Gasteiger partial charge in [-0.3, -0.25) is 10.1 Å². The smallest absolute Gasteiger partial charge is 0.329 e. The van der Waals surface area contributed by atoms with Crippen molar-refractivity contribution in [1.82, 2.24) is 10.2 Å². The summed E-state index contributed by atoms with van der Waals surface area (Å²) in [5.74, 6) is 0.299. The van der Waals surface area contributed by atoms with Gasteiger partial charge in [0.15, 0.2) is 0 Å². The minimum atomic E-state index is -1.16. The lowest BCUT2D eigenvalue weighted by Crippen LogP contribution is -2.55. The Morgan fingerprint density at radius 2 is 2.13 bits per heavy atom. The Labute approximate surface area is 93.2 Å². The Morgan fingerprint density at radius 1 is 1.53 bits per heavy atom. The zero-order valence-electron chi connectivity index (χ0n) is 9.11. The highest BCUT2D eigenvalue weighted by atomic mass is 32.2. The Bertz CT molecular complexity index is 275. The van der Waals surface area contributed by atoms with Crippen LogP contribution < -0.4 is 5.32 Å². The molecule has 1 saturated heterocycles. The molecule has 5 nitrogen and oxygen atoms in total. The molecule has 6 heteroatoms. The summed E-state index contributed by atoms with van der Waals surface area (Å²) in [6.07, 6.45) is 0.